The number of hydrogen-bond acceptors (Lipinski definition) is 1. The highest BCUT2D eigenvalue weighted by Crippen LogP contribution is 2.25. The van der Waals surface area contributed by atoms with E-state index < -0.39 is 12.1 Å². The molecule has 2 nitrogen and oxygen atoms in total. The van der Waals surface area contributed by atoms with Crippen LogP contribution in [0.1, 0.15) is 33.2 Å². The summed E-state index contributed by atoms with van der Waals surface area (Å²) in [5.74, 6) is -0.595. The first-order valence-corrected chi connectivity index (χ1v) is 6.16. The molecule has 98 valence electrons. The summed E-state index contributed by atoms with van der Waals surface area (Å²) in [6, 6.07) is 14.2. The molecule has 0 spiro atoms. The Morgan fingerprint density at radius 2 is 1.79 bits per heavy atom. The number of hydrogen-bond donors (Lipinski definition) is 1. The van der Waals surface area contributed by atoms with Gasteiger partial charge in [0.2, 0.25) is 5.91 Å². The van der Waals surface area contributed by atoms with E-state index in [9.17, 15) is 9.18 Å². The van der Waals surface area contributed by atoms with Crippen LogP contribution < -0.4 is 5.73 Å². The Kier molecular flexibility index (Phi) is 3.95. The van der Waals surface area contributed by atoms with Crippen LogP contribution in [0.15, 0.2) is 48.5 Å². The van der Waals surface area contributed by atoms with E-state index >= 15 is 0 Å². The van der Waals surface area contributed by atoms with E-state index in [2.05, 4.69) is 0 Å². The van der Waals surface area contributed by atoms with E-state index in [1.165, 1.54) is 0 Å². The summed E-state index contributed by atoms with van der Waals surface area (Å²) >= 11 is 0. The van der Waals surface area contributed by atoms with E-state index in [0.29, 0.717) is 5.56 Å². The maximum Gasteiger partial charge on any atom is 0.249 e. The Balaban J connectivity index is 2.22. The number of amides is 1. The molecule has 0 aliphatic heterocycles. The molecule has 2 rings (SSSR count). The number of carbonyl (C=O) groups is 1. The van der Waals surface area contributed by atoms with Gasteiger partial charge < -0.3 is 5.73 Å². The zero-order valence-corrected chi connectivity index (χ0v) is 10.8. The smallest absolute Gasteiger partial charge is 0.249 e. The fraction of sp³-hybridized carbons (Fsp3) is 0.188. The summed E-state index contributed by atoms with van der Waals surface area (Å²) in [4.78, 5) is 11.3. The second kappa shape index (κ2) is 5.65. The highest BCUT2D eigenvalue weighted by atomic mass is 19.1. The van der Waals surface area contributed by atoms with Gasteiger partial charge in [-0.05, 0) is 24.1 Å². The predicted octanol–water partition coefficient (Wildman–Crippen LogP) is 3.35. The van der Waals surface area contributed by atoms with Crippen LogP contribution in [-0.4, -0.2) is 5.91 Å². The molecule has 0 radical (unpaired) electrons. The number of alkyl halides is 1. The third-order valence-electron chi connectivity index (χ3n) is 3.10. The van der Waals surface area contributed by atoms with Gasteiger partial charge in [0.25, 0.3) is 0 Å². The van der Waals surface area contributed by atoms with Gasteiger partial charge in [-0.3, -0.25) is 4.79 Å². The van der Waals surface area contributed by atoms with Gasteiger partial charge in [0.15, 0.2) is 0 Å². The van der Waals surface area contributed by atoms with Crippen LogP contribution in [0.25, 0.3) is 0 Å². The molecule has 0 saturated heterocycles. The third-order valence-corrected chi connectivity index (χ3v) is 3.10. The van der Waals surface area contributed by atoms with Crippen molar-refractivity contribution in [3.8, 4) is 0 Å². The molecule has 2 N–H and O–H groups in total. The van der Waals surface area contributed by atoms with Gasteiger partial charge >= 0.3 is 0 Å². The lowest BCUT2D eigenvalue weighted by molar-refractivity contribution is 0.0997. The fourth-order valence-electron chi connectivity index (χ4n) is 2.04. The molecule has 0 aliphatic rings. The molecule has 2 aromatic rings. The van der Waals surface area contributed by atoms with Crippen molar-refractivity contribution in [1.29, 1.82) is 0 Å². The number of carbonyl (C=O) groups excluding carboxylic acids is 1. The molecule has 19 heavy (non-hydrogen) atoms. The Labute approximate surface area is 112 Å². The van der Waals surface area contributed by atoms with Crippen molar-refractivity contribution in [3.63, 3.8) is 0 Å². The van der Waals surface area contributed by atoms with E-state index in [0.717, 1.165) is 11.1 Å². The van der Waals surface area contributed by atoms with Crippen LogP contribution in [0.5, 0.6) is 0 Å². The van der Waals surface area contributed by atoms with Crippen molar-refractivity contribution < 1.29 is 9.18 Å². The molecular formula is C16H16FNO. The summed E-state index contributed by atoms with van der Waals surface area (Å²) in [5.41, 5.74) is 7.91. The molecule has 0 saturated carbocycles. The fourth-order valence-corrected chi connectivity index (χ4v) is 2.04. The van der Waals surface area contributed by atoms with Gasteiger partial charge in [0.05, 0.1) is 0 Å². The minimum absolute atomic E-state index is 0.241. The minimum atomic E-state index is -1.23. The van der Waals surface area contributed by atoms with Gasteiger partial charge in [-0.15, -0.1) is 0 Å². The van der Waals surface area contributed by atoms with E-state index in [1.807, 2.05) is 31.2 Å². The first kappa shape index (κ1) is 13.3. The Morgan fingerprint density at radius 3 is 2.42 bits per heavy atom. The molecule has 0 aromatic heterocycles. The Morgan fingerprint density at radius 1 is 1.16 bits per heavy atom. The van der Waals surface area contributed by atoms with Crippen LogP contribution in [-0.2, 0) is 6.42 Å². The molecule has 3 heteroatoms. The highest BCUT2D eigenvalue weighted by Gasteiger charge is 2.17. The van der Waals surface area contributed by atoms with Crippen LogP contribution in [0, 0.1) is 6.92 Å². The predicted molar refractivity (Wildman–Crippen MR) is 73.7 cm³/mol. The first-order chi connectivity index (χ1) is 9.08. The van der Waals surface area contributed by atoms with Crippen LogP contribution in [0.3, 0.4) is 0 Å². The molecule has 0 bridgehead atoms. The number of benzene rings is 2. The number of rotatable bonds is 4. The number of halogens is 1. The summed E-state index contributed by atoms with van der Waals surface area (Å²) < 4.78 is 14.3. The van der Waals surface area contributed by atoms with Gasteiger partial charge in [-0.1, -0.05) is 48.0 Å². The van der Waals surface area contributed by atoms with Crippen molar-refractivity contribution in [2.45, 2.75) is 19.5 Å². The van der Waals surface area contributed by atoms with Crippen molar-refractivity contribution >= 4 is 5.91 Å². The third kappa shape index (κ3) is 3.19. The van der Waals surface area contributed by atoms with E-state index in [-0.39, 0.29) is 12.0 Å². The molecule has 1 unspecified atom stereocenters. The standard InChI is InChI=1S/C16H16FNO/c1-11-6-8-12(9-7-11)10-15(17)13-4-2-3-5-14(13)16(18)19/h2-9,15H,10H2,1H3,(H2,18,19). The first-order valence-electron chi connectivity index (χ1n) is 6.16. The van der Waals surface area contributed by atoms with Gasteiger partial charge in [-0.2, -0.15) is 0 Å². The lowest BCUT2D eigenvalue weighted by Crippen LogP contribution is -2.15. The molecule has 2 aromatic carbocycles. The lowest BCUT2D eigenvalue weighted by atomic mass is 9.97. The van der Waals surface area contributed by atoms with Crippen LogP contribution in [0.2, 0.25) is 0 Å². The monoisotopic (exact) mass is 257 g/mol. The summed E-state index contributed by atoms with van der Waals surface area (Å²) in [5, 5.41) is 0. The molecule has 1 atom stereocenters. The second-order valence-electron chi connectivity index (χ2n) is 4.61. The SMILES string of the molecule is Cc1ccc(CC(F)c2ccccc2C(N)=O)cc1. The van der Waals surface area contributed by atoms with Crippen LogP contribution in [0.4, 0.5) is 4.39 Å². The molecule has 1 amide bonds. The Hall–Kier alpha value is -2.16. The van der Waals surface area contributed by atoms with Gasteiger partial charge in [0, 0.05) is 12.0 Å². The van der Waals surface area contributed by atoms with E-state index in [1.54, 1.807) is 24.3 Å². The summed E-state index contributed by atoms with van der Waals surface area (Å²) in [7, 11) is 0. The second-order valence-corrected chi connectivity index (χ2v) is 4.61. The molecular weight excluding hydrogens is 241 g/mol. The largest absolute Gasteiger partial charge is 0.366 e. The molecule has 0 heterocycles. The van der Waals surface area contributed by atoms with Gasteiger partial charge in [-0.25, -0.2) is 4.39 Å². The van der Waals surface area contributed by atoms with Crippen molar-refractivity contribution in [2.75, 3.05) is 0 Å². The summed E-state index contributed by atoms with van der Waals surface area (Å²) in [6.07, 6.45) is -0.990. The van der Waals surface area contributed by atoms with Crippen molar-refractivity contribution in [3.05, 3.63) is 70.8 Å². The average Bonchev–Trinajstić information content (AvgIpc) is 2.41. The van der Waals surface area contributed by atoms with E-state index in [4.69, 9.17) is 5.73 Å². The maximum atomic E-state index is 14.3. The number of aryl methyl sites for hydroxylation is 1. The summed E-state index contributed by atoms with van der Waals surface area (Å²) in [6.45, 7) is 1.99. The number of primary amides is 1. The van der Waals surface area contributed by atoms with Crippen molar-refractivity contribution in [1.82, 2.24) is 0 Å². The zero-order chi connectivity index (χ0) is 13.8. The minimum Gasteiger partial charge on any atom is -0.366 e. The molecule has 0 fully saturated rings. The molecule has 0 aliphatic carbocycles. The highest BCUT2D eigenvalue weighted by molar-refractivity contribution is 5.94. The maximum absolute atomic E-state index is 14.3. The van der Waals surface area contributed by atoms with Crippen LogP contribution >= 0.6 is 0 Å². The number of nitrogens with two attached hydrogens (primary N) is 1. The van der Waals surface area contributed by atoms with Crippen molar-refractivity contribution in [2.24, 2.45) is 5.73 Å². The van der Waals surface area contributed by atoms with Gasteiger partial charge in [0.1, 0.15) is 6.17 Å². The topological polar surface area (TPSA) is 43.1 Å². The zero-order valence-electron chi connectivity index (χ0n) is 10.8. The lowest BCUT2D eigenvalue weighted by Gasteiger charge is -2.12. The Bertz CT molecular complexity index is 578. The quantitative estimate of drug-likeness (QED) is 0.896. The normalized spacial score (nSPS) is 12.1. The average molecular weight is 257 g/mol.